The first-order valence-electron chi connectivity index (χ1n) is 5.77. The molecule has 0 amide bonds. The lowest BCUT2D eigenvalue weighted by atomic mass is 10.2. The van der Waals surface area contributed by atoms with Crippen molar-refractivity contribution in [3.05, 3.63) is 16.7 Å². The van der Waals surface area contributed by atoms with E-state index >= 15 is 0 Å². The number of nitrogen functional groups attached to an aromatic ring is 1. The Morgan fingerprint density at radius 3 is 3.00 bits per heavy atom. The molecule has 10 nitrogen and oxygen atoms in total. The Hall–Kier alpha value is -2.01. The third-order valence-corrected chi connectivity index (χ3v) is 3.15. The molecule has 0 aliphatic carbocycles. The molecule has 0 bridgehead atoms. The summed E-state index contributed by atoms with van der Waals surface area (Å²) in [6, 6.07) is 0. The van der Waals surface area contributed by atoms with Crippen LogP contribution in [0.25, 0.3) is 11.2 Å². The first-order chi connectivity index (χ1) is 9.10. The van der Waals surface area contributed by atoms with Crippen LogP contribution >= 0.6 is 0 Å². The highest BCUT2D eigenvalue weighted by Gasteiger charge is 2.35. The predicted molar refractivity (Wildman–Crippen MR) is 69.2 cm³/mol. The van der Waals surface area contributed by atoms with Gasteiger partial charge in [-0.25, -0.2) is 4.98 Å². The molecule has 2 aromatic heterocycles. The quantitative estimate of drug-likeness (QED) is 0.443. The van der Waals surface area contributed by atoms with Gasteiger partial charge < -0.3 is 26.8 Å². The van der Waals surface area contributed by atoms with E-state index in [1.165, 1.54) is 10.9 Å². The normalized spacial score (nSPS) is 25.8. The van der Waals surface area contributed by atoms with E-state index in [2.05, 4.69) is 15.0 Å². The number of ether oxygens (including phenoxy) is 1. The lowest BCUT2D eigenvalue weighted by Gasteiger charge is -2.13. The maximum Gasteiger partial charge on any atom is 0.280 e. The van der Waals surface area contributed by atoms with Gasteiger partial charge in [-0.2, -0.15) is 4.98 Å². The molecule has 3 heterocycles. The highest BCUT2D eigenvalue weighted by molar-refractivity contribution is 5.70. The molecule has 20 heavy (non-hydrogen) atoms. The number of hydrogen-bond acceptors (Lipinski definition) is 8. The van der Waals surface area contributed by atoms with E-state index in [-0.39, 0.29) is 36.3 Å². The minimum Gasteiger partial charge on any atom is -0.394 e. The molecule has 1 fully saturated rings. The van der Waals surface area contributed by atoms with Crippen molar-refractivity contribution >= 4 is 17.1 Å². The van der Waals surface area contributed by atoms with Crippen molar-refractivity contribution in [1.29, 1.82) is 0 Å². The number of aromatic nitrogens is 4. The number of nitrogens with one attached hydrogen (secondary N) is 1. The summed E-state index contributed by atoms with van der Waals surface area (Å²) in [4.78, 5) is 22.0. The standard InChI is InChI=1S/C10H13N5O4.H3N/c11-10-13-8-7(9(18)14-10)12-3-15(8)6-1-4(17)5(2-16)19-6;/h3-6,16-17H,1-2H2,(H3,11,13,14,18);1H3/t4-,5+,6?;/m0./s1. The molecule has 0 saturated carbocycles. The average Bonchev–Trinajstić information content (AvgIpc) is 2.92. The number of imidazole rings is 1. The second-order valence-electron chi connectivity index (χ2n) is 4.39. The third kappa shape index (κ3) is 2.14. The zero-order chi connectivity index (χ0) is 13.6. The van der Waals surface area contributed by atoms with Crippen LogP contribution < -0.4 is 17.4 Å². The van der Waals surface area contributed by atoms with Gasteiger partial charge in [-0.1, -0.05) is 0 Å². The Bertz CT molecular complexity index is 667. The minimum absolute atomic E-state index is 0. The molecule has 1 saturated heterocycles. The number of aromatic amines is 1. The van der Waals surface area contributed by atoms with E-state index in [0.29, 0.717) is 0 Å². The molecule has 1 aliphatic rings. The second-order valence-corrected chi connectivity index (χ2v) is 4.39. The number of aliphatic hydroxyl groups excluding tert-OH is 2. The predicted octanol–water partition coefficient (Wildman–Crippen LogP) is -1.50. The van der Waals surface area contributed by atoms with Crippen molar-refractivity contribution in [2.75, 3.05) is 12.3 Å². The van der Waals surface area contributed by atoms with Crippen molar-refractivity contribution in [3.8, 4) is 0 Å². The van der Waals surface area contributed by atoms with Crippen molar-refractivity contribution in [1.82, 2.24) is 25.7 Å². The summed E-state index contributed by atoms with van der Waals surface area (Å²) >= 11 is 0. The Morgan fingerprint density at radius 1 is 1.60 bits per heavy atom. The number of hydrogen-bond donors (Lipinski definition) is 5. The van der Waals surface area contributed by atoms with Crippen LogP contribution in [0.2, 0.25) is 0 Å². The summed E-state index contributed by atoms with van der Waals surface area (Å²) in [5.41, 5.74) is 5.50. The van der Waals surface area contributed by atoms with Gasteiger partial charge in [0.1, 0.15) is 12.3 Å². The van der Waals surface area contributed by atoms with Gasteiger partial charge >= 0.3 is 0 Å². The summed E-state index contributed by atoms with van der Waals surface area (Å²) in [5, 5.41) is 18.8. The SMILES string of the molecule is N.Nc1nc2c(ncn2C2C[C@H](O)[C@@H](CO)O2)c(=O)[nH]1. The van der Waals surface area contributed by atoms with Crippen molar-refractivity contribution in [2.45, 2.75) is 24.9 Å². The smallest absolute Gasteiger partial charge is 0.280 e. The molecule has 110 valence electrons. The lowest BCUT2D eigenvalue weighted by molar-refractivity contribution is -0.0432. The number of anilines is 1. The zero-order valence-electron chi connectivity index (χ0n) is 10.6. The van der Waals surface area contributed by atoms with Gasteiger partial charge in [-0.3, -0.25) is 14.3 Å². The molecular formula is C10H16N6O4. The van der Waals surface area contributed by atoms with Gasteiger partial charge in [-0.05, 0) is 0 Å². The van der Waals surface area contributed by atoms with Gasteiger partial charge in [0.2, 0.25) is 5.95 Å². The van der Waals surface area contributed by atoms with Gasteiger partial charge in [0.05, 0.1) is 19.0 Å². The van der Waals surface area contributed by atoms with E-state index < -0.39 is 24.0 Å². The molecular weight excluding hydrogens is 268 g/mol. The molecule has 10 heteroatoms. The summed E-state index contributed by atoms with van der Waals surface area (Å²) in [7, 11) is 0. The summed E-state index contributed by atoms with van der Waals surface area (Å²) in [5.74, 6) is -0.0171. The fourth-order valence-electron chi connectivity index (χ4n) is 2.20. The lowest BCUT2D eigenvalue weighted by Crippen LogP contribution is -2.24. The van der Waals surface area contributed by atoms with Crippen LogP contribution in [0.1, 0.15) is 12.6 Å². The number of aliphatic hydroxyl groups is 2. The van der Waals surface area contributed by atoms with Crippen molar-refractivity contribution in [2.24, 2.45) is 0 Å². The third-order valence-electron chi connectivity index (χ3n) is 3.15. The van der Waals surface area contributed by atoms with Crippen LogP contribution in [0.3, 0.4) is 0 Å². The minimum atomic E-state index is -0.771. The number of H-pyrrole nitrogens is 1. The number of fused-ring (bicyclic) bond motifs is 1. The highest BCUT2D eigenvalue weighted by atomic mass is 16.5. The van der Waals surface area contributed by atoms with Crippen LogP contribution in [-0.4, -0.2) is 48.5 Å². The summed E-state index contributed by atoms with van der Waals surface area (Å²) in [6.07, 6.45) is -0.270. The number of rotatable bonds is 2. The van der Waals surface area contributed by atoms with Crippen molar-refractivity contribution in [3.63, 3.8) is 0 Å². The molecule has 0 aromatic carbocycles. The van der Waals surface area contributed by atoms with E-state index in [1.807, 2.05) is 0 Å². The first-order valence-corrected chi connectivity index (χ1v) is 5.77. The molecule has 3 atom stereocenters. The monoisotopic (exact) mass is 284 g/mol. The maximum absolute atomic E-state index is 11.6. The largest absolute Gasteiger partial charge is 0.394 e. The van der Waals surface area contributed by atoms with Crippen molar-refractivity contribution < 1.29 is 14.9 Å². The molecule has 1 unspecified atom stereocenters. The van der Waals surface area contributed by atoms with Gasteiger partial charge in [-0.15, -0.1) is 0 Å². The van der Waals surface area contributed by atoms with Crippen LogP contribution in [0.15, 0.2) is 11.1 Å². The van der Waals surface area contributed by atoms with E-state index in [0.717, 1.165) is 0 Å². The number of nitrogens with zero attached hydrogens (tertiary/aromatic N) is 3. The van der Waals surface area contributed by atoms with Crippen LogP contribution in [0.5, 0.6) is 0 Å². The van der Waals surface area contributed by atoms with Gasteiger partial charge in [0.25, 0.3) is 5.56 Å². The first kappa shape index (κ1) is 14.4. The van der Waals surface area contributed by atoms with E-state index in [9.17, 15) is 9.90 Å². The fraction of sp³-hybridized carbons (Fsp3) is 0.500. The Balaban J connectivity index is 0.00000147. The molecule has 3 rings (SSSR count). The average molecular weight is 284 g/mol. The Kier molecular flexibility index (Phi) is 3.72. The molecule has 0 radical (unpaired) electrons. The molecule has 1 aliphatic heterocycles. The van der Waals surface area contributed by atoms with Crippen LogP contribution in [0, 0.1) is 0 Å². The molecule has 0 spiro atoms. The van der Waals surface area contributed by atoms with Gasteiger partial charge in [0.15, 0.2) is 11.2 Å². The Labute approximate surface area is 112 Å². The summed E-state index contributed by atoms with van der Waals surface area (Å²) in [6.45, 7) is -0.277. The fourth-order valence-corrected chi connectivity index (χ4v) is 2.20. The van der Waals surface area contributed by atoms with Gasteiger partial charge in [0, 0.05) is 6.42 Å². The van der Waals surface area contributed by atoms with Crippen LogP contribution in [0.4, 0.5) is 5.95 Å². The van der Waals surface area contributed by atoms with E-state index in [1.54, 1.807) is 0 Å². The van der Waals surface area contributed by atoms with Crippen LogP contribution in [-0.2, 0) is 4.74 Å². The highest BCUT2D eigenvalue weighted by Crippen LogP contribution is 2.30. The molecule has 8 N–H and O–H groups in total. The second kappa shape index (κ2) is 5.17. The zero-order valence-corrected chi connectivity index (χ0v) is 10.6. The maximum atomic E-state index is 11.6. The van der Waals surface area contributed by atoms with E-state index in [4.69, 9.17) is 15.6 Å². The topological polar surface area (TPSA) is 174 Å². The molecule has 2 aromatic rings. The number of nitrogens with two attached hydrogens (primary N) is 1. The summed E-state index contributed by atoms with van der Waals surface area (Å²) < 4.78 is 7.01. The Morgan fingerprint density at radius 2 is 2.35 bits per heavy atom.